The monoisotopic (exact) mass is 221 g/mol. The van der Waals surface area contributed by atoms with Gasteiger partial charge in [-0.3, -0.25) is 4.79 Å². The Bertz CT molecular complexity index is 266. The number of aliphatic hydroxyl groups is 5. The standard InChI is InChI=1S/C6H11N3O6/c7-9-8-6(15)5(14)4(13)3(12)2(11)1-10/h2-5,10-14H,1H2/t2-,3-,4+,5+/m1/s1. The lowest BCUT2D eigenvalue weighted by atomic mass is 10.0. The van der Waals surface area contributed by atoms with Gasteiger partial charge in [0, 0.05) is 4.91 Å². The Hall–Kier alpha value is -1.22. The molecule has 0 radical (unpaired) electrons. The summed E-state index contributed by atoms with van der Waals surface area (Å²) in [7, 11) is 0. The molecule has 9 nitrogen and oxygen atoms in total. The number of azide groups is 1. The Morgan fingerprint density at radius 2 is 1.80 bits per heavy atom. The van der Waals surface area contributed by atoms with Crippen molar-refractivity contribution in [2.24, 2.45) is 5.11 Å². The molecule has 0 saturated carbocycles. The lowest BCUT2D eigenvalue weighted by Crippen LogP contribution is -2.48. The molecule has 0 aromatic carbocycles. The normalized spacial score (nSPS) is 18.5. The van der Waals surface area contributed by atoms with E-state index in [-0.39, 0.29) is 0 Å². The fourth-order valence-electron chi connectivity index (χ4n) is 0.772. The largest absolute Gasteiger partial charge is 0.394 e. The first-order chi connectivity index (χ1) is 6.95. The molecular weight excluding hydrogens is 210 g/mol. The second-order valence-electron chi connectivity index (χ2n) is 2.70. The third-order valence-electron chi connectivity index (χ3n) is 1.65. The number of hydrogen-bond acceptors (Lipinski definition) is 6. The number of aliphatic hydroxyl groups excluding tert-OH is 5. The molecule has 1 amide bonds. The predicted octanol–water partition coefficient (Wildman–Crippen LogP) is -2.74. The van der Waals surface area contributed by atoms with Crippen molar-refractivity contribution < 1.29 is 30.3 Å². The Balaban J connectivity index is 4.49. The van der Waals surface area contributed by atoms with Crippen LogP contribution in [0.1, 0.15) is 0 Å². The van der Waals surface area contributed by atoms with Crippen molar-refractivity contribution in [1.29, 1.82) is 0 Å². The maximum atomic E-state index is 10.7. The second kappa shape index (κ2) is 6.30. The maximum absolute atomic E-state index is 10.7. The van der Waals surface area contributed by atoms with E-state index in [1.54, 1.807) is 0 Å². The first kappa shape index (κ1) is 13.8. The number of carbonyl (C=O) groups is 1. The number of nitrogens with zero attached hydrogens (tertiary/aromatic N) is 3. The van der Waals surface area contributed by atoms with Crippen LogP contribution in [0.15, 0.2) is 5.11 Å². The molecule has 15 heavy (non-hydrogen) atoms. The molecular formula is C6H11N3O6. The van der Waals surface area contributed by atoms with Crippen molar-refractivity contribution in [3.63, 3.8) is 0 Å². The van der Waals surface area contributed by atoms with Gasteiger partial charge in [-0.25, -0.2) is 0 Å². The first-order valence-electron chi connectivity index (χ1n) is 3.87. The van der Waals surface area contributed by atoms with Crippen LogP contribution >= 0.6 is 0 Å². The second-order valence-corrected chi connectivity index (χ2v) is 2.70. The van der Waals surface area contributed by atoms with Gasteiger partial charge >= 0.3 is 0 Å². The van der Waals surface area contributed by atoms with Gasteiger partial charge in [-0.05, 0) is 10.6 Å². The highest BCUT2D eigenvalue weighted by Crippen LogP contribution is 2.06. The number of hydrogen-bond donors (Lipinski definition) is 5. The van der Waals surface area contributed by atoms with E-state index in [0.717, 1.165) is 0 Å². The molecule has 0 spiro atoms. The molecule has 0 bridgehead atoms. The van der Waals surface area contributed by atoms with Gasteiger partial charge in [-0.1, -0.05) is 0 Å². The molecule has 0 unspecified atom stereocenters. The predicted molar refractivity (Wildman–Crippen MR) is 45.3 cm³/mol. The van der Waals surface area contributed by atoms with E-state index in [4.69, 9.17) is 31.1 Å². The van der Waals surface area contributed by atoms with Crippen molar-refractivity contribution >= 4 is 5.91 Å². The smallest absolute Gasteiger partial charge is 0.250 e. The molecule has 0 aliphatic rings. The first-order valence-corrected chi connectivity index (χ1v) is 3.87. The van der Waals surface area contributed by atoms with Crippen LogP contribution in [0.2, 0.25) is 0 Å². The van der Waals surface area contributed by atoms with E-state index in [1.165, 1.54) is 0 Å². The van der Waals surface area contributed by atoms with E-state index in [9.17, 15) is 4.79 Å². The van der Waals surface area contributed by atoms with Crippen molar-refractivity contribution in [3.8, 4) is 0 Å². The molecule has 4 atom stereocenters. The van der Waals surface area contributed by atoms with Crippen LogP contribution in [0.25, 0.3) is 10.4 Å². The Kier molecular flexibility index (Phi) is 5.79. The van der Waals surface area contributed by atoms with Crippen LogP contribution in [-0.2, 0) is 4.79 Å². The number of rotatable bonds is 5. The van der Waals surface area contributed by atoms with Gasteiger partial charge < -0.3 is 25.5 Å². The van der Waals surface area contributed by atoms with Gasteiger partial charge in [0.25, 0.3) is 0 Å². The summed E-state index contributed by atoms with van der Waals surface area (Å²) in [6.45, 7) is -0.860. The van der Waals surface area contributed by atoms with Gasteiger partial charge in [0.1, 0.15) is 24.4 Å². The van der Waals surface area contributed by atoms with Crippen LogP contribution < -0.4 is 0 Å². The fourth-order valence-corrected chi connectivity index (χ4v) is 0.772. The lowest BCUT2D eigenvalue weighted by Gasteiger charge is -2.23. The van der Waals surface area contributed by atoms with Crippen molar-refractivity contribution in [3.05, 3.63) is 10.4 Å². The summed E-state index contributed by atoms with van der Waals surface area (Å²) in [6, 6.07) is 0. The van der Waals surface area contributed by atoms with Gasteiger partial charge in [0.05, 0.1) is 6.61 Å². The molecule has 0 fully saturated rings. The summed E-state index contributed by atoms with van der Waals surface area (Å²) in [5, 5.41) is 47.0. The zero-order valence-corrected chi connectivity index (χ0v) is 7.50. The minimum atomic E-state index is -2.16. The molecule has 5 N–H and O–H groups in total. The highest BCUT2D eigenvalue weighted by Gasteiger charge is 2.33. The van der Waals surface area contributed by atoms with Gasteiger partial charge in [0.2, 0.25) is 5.91 Å². The highest BCUT2D eigenvalue weighted by atomic mass is 16.4. The van der Waals surface area contributed by atoms with Crippen molar-refractivity contribution in [1.82, 2.24) is 0 Å². The fraction of sp³-hybridized carbons (Fsp3) is 0.833. The summed E-state index contributed by atoms with van der Waals surface area (Å²) < 4.78 is 0. The maximum Gasteiger partial charge on any atom is 0.250 e. The van der Waals surface area contributed by atoms with Gasteiger partial charge in [0.15, 0.2) is 0 Å². The minimum absolute atomic E-state index is 0.860. The quantitative estimate of drug-likeness (QED) is 0.192. The summed E-state index contributed by atoms with van der Waals surface area (Å²) in [5.41, 5.74) is 7.85. The van der Waals surface area contributed by atoms with Crippen LogP contribution in [0, 0.1) is 0 Å². The minimum Gasteiger partial charge on any atom is -0.394 e. The summed E-state index contributed by atoms with van der Waals surface area (Å²) >= 11 is 0. The van der Waals surface area contributed by atoms with Crippen LogP contribution in [0.3, 0.4) is 0 Å². The van der Waals surface area contributed by atoms with E-state index in [2.05, 4.69) is 10.0 Å². The van der Waals surface area contributed by atoms with E-state index in [0.29, 0.717) is 0 Å². The van der Waals surface area contributed by atoms with Crippen LogP contribution in [0.4, 0.5) is 0 Å². The van der Waals surface area contributed by atoms with Gasteiger partial charge in [-0.15, -0.1) is 0 Å². The molecule has 0 saturated heterocycles. The Labute approximate surface area is 83.8 Å². The van der Waals surface area contributed by atoms with E-state index >= 15 is 0 Å². The SMILES string of the molecule is [N-]=[N+]=NC(=O)[C@@H](O)[C@@H](O)[C@H](O)[C@H](O)CO. The Morgan fingerprint density at radius 1 is 1.27 bits per heavy atom. The van der Waals surface area contributed by atoms with Gasteiger partial charge in [-0.2, -0.15) is 0 Å². The molecule has 0 aromatic heterocycles. The summed E-state index contributed by atoms with van der Waals surface area (Å²) in [5.74, 6) is -1.39. The number of carbonyl (C=O) groups excluding carboxylic acids is 1. The molecule has 0 heterocycles. The molecule has 86 valence electrons. The van der Waals surface area contributed by atoms with Crippen molar-refractivity contribution in [2.75, 3.05) is 6.61 Å². The van der Waals surface area contributed by atoms with E-state index in [1.807, 2.05) is 0 Å². The summed E-state index contributed by atoms with van der Waals surface area (Å²) in [4.78, 5) is 12.8. The average Bonchev–Trinajstić information content (AvgIpc) is 2.25. The third-order valence-corrected chi connectivity index (χ3v) is 1.65. The lowest BCUT2D eigenvalue weighted by molar-refractivity contribution is -0.145. The highest BCUT2D eigenvalue weighted by molar-refractivity contribution is 5.81. The molecule has 0 rings (SSSR count). The summed E-state index contributed by atoms with van der Waals surface area (Å²) in [6.07, 6.45) is -7.85. The van der Waals surface area contributed by atoms with Crippen LogP contribution in [0.5, 0.6) is 0 Å². The van der Waals surface area contributed by atoms with Crippen molar-refractivity contribution in [2.45, 2.75) is 24.4 Å². The van der Waals surface area contributed by atoms with Crippen LogP contribution in [-0.4, -0.2) is 62.5 Å². The molecule has 0 aliphatic carbocycles. The average molecular weight is 221 g/mol. The van der Waals surface area contributed by atoms with E-state index < -0.39 is 36.9 Å². The topological polar surface area (TPSA) is 167 Å². The zero-order chi connectivity index (χ0) is 12.0. The molecule has 0 aliphatic heterocycles. The molecule has 9 heteroatoms. The molecule has 0 aromatic rings. The zero-order valence-electron chi connectivity index (χ0n) is 7.50. The third kappa shape index (κ3) is 3.80. The Morgan fingerprint density at radius 3 is 2.20 bits per heavy atom. The number of amides is 1.